The van der Waals surface area contributed by atoms with Crippen molar-refractivity contribution in [1.82, 2.24) is 20.4 Å². The maximum atomic E-state index is 13.5. The van der Waals surface area contributed by atoms with E-state index in [9.17, 15) is 9.00 Å². The molecule has 8 nitrogen and oxygen atoms in total. The number of thioether (sulfide) groups is 1. The number of fused-ring (bicyclic) bond motifs is 1. The molecule has 10 heteroatoms. The highest BCUT2D eigenvalue weighted by Crippen LogP contribution is 2.33. The van der Waals surface area contributed by atoms with Crippen LogP contribution >= 0.6 is 11.8 Å². The first-order valence-corrected chi connectivity index (χ1v) is 12.9. The minimum Gasteiger partial charge on any atom is -0.351 e. The first-order valence-electron chi connectivity index (χ1n) is 10.3. The molecule has 166 valence electrons. The lowest BCUT2D eigenvalue weighted by molar-refractivity contribution is -0.121. The van der Waals surface area contributed by atoms with E-state index in [0.29, 0.717) is 23.2 Å². The predicted octanol–water partition coefficient (Wildman–Crippen LogP) is 2.29. The van der Waals surface area contributed by atoms with E-state index in [1.807, 2.05) is 29.3 Å². The van der Waals surface area contributed by atoms with Gasteiger partial charge in [0.15, 0.2) is 0 Å². The molecule has 5 rings (SSSR count). The largest absolute Gasteiger partial charge is 0.351 e. The molecular formula is C22H24N6O2S2. The van der Waals surface area contributed by atoms with Crippen molar-refractivity contribution in [3.8, 4) is 0 Å². The van der Waals surface area contributed by atoms with E-state index in [4.69, 9.17) is 4.99 Å². The minimum atomic E-state index is -2.79. The van der Waals surface area contributed by atoms with Crippen molar-refractivity contribution < 1.29 is 9.00 Å². The van der Waals surface area contributed by atoms with Gasteiger partial charge < -0.3 is 4.98 Å². The number of aromatic nitrogens is 2. The first kappa shape index (κ1) is 21.0. The lowest BCUT2D eigenvalue weighted by Crippen LogP contribution is -2.38. The lowest BCUT2D eigenvalue weighted by Gasteiger charge is -2.24. The van der Waals surface area contributed by atoms with Crippen LogP contribution in [-0.2, 0) is 14.5 Å². The van der Waals surface area contributed by atoms with Gasteiger partial charge in [-0.15, -0.1) is 0 Å². The topological polar surface area (TPSA) is 93.7 Å². The van der Waals surface area contributed by atoms with E-state index in [1.165, 1.54) is 0 Å². The molecule has 1 fully saturated rings. The fourth-order valence-electron chi connectivity index (χ4n) is 3.92. The molecule has 32 heavy (non-hydrogen) atoms. The number of nitrogens with zero attached hydrogens (tertiary/aromatic N) is 4. The average molecular weight is 469 g/mol. The van der Waals surface area contributed by atoms with Crippen molar-refractivity contribution in [3.63, 3.8) is 0 Å². The fourth-order valence-corrected chi connectivity index (χ4v) is 6.29. The van der Waals surface area contributed by atoms with Crippen molar-refractivity contribution in [1.29, 1.82) is 0 Å². The van der Waals surface area contributed by atoms with Gasteiger partial charge in [-0.05, 0) is 30.1 Å². The summed E-state index contributed by atoms with van der Waals surface area (Å²) in [5, 5.41) is 4.67. The molecule has 0 radical (unpaired) electrons. The molecule has 1 amide bonds. The van der Waals surface area contributed by atoms with Crippen LogP contribution < -0.4 is 9.73 Å². The molecule has 2 aliphatic rings. The second-order valence-corrected chi connectivity index (χ2v) is 11.4. The molecule has 2 N–H and O–H groups in total. The highest BCUT2D eigenvalue weighted by Gasteiger charge is 2.27. The molecular weight excluding hydrogens is 444 g/mol. The van der Waals surface area contributed by atoms with Crippen LogP contribution in [0.15, 0.2) is 58.7 Å². The Morgan fingerprint density at radius 3 is 2.94 bits per heavy atom. The van der Waals surface area contributed by atoms with Crippen LogP contribution in [0.5, 0.6) is 0 Å². The number of H-pyrrole nitrogens is 1. The molecule has 4 heterocycles. The normalized spacial score (nSPS) is 20.8. The fraction of sp³-hybridized carbons (Fsp3) is 0.273. The Balaban J connectivity index is 1.39. The number of anilines is 1. The summed E-state index contributed by atoms with van der Waals surface area (Å²) in [6, 6.07) is 13.3. The van der Waals surface area contributed by atoms with Gasteiger partial charge in [-0.25, -0.2) is 14.2 Å². The van der Waals surface area contributed by atoms with Gasteiger partial charge in [0, 0.05) is 43.4 Å². The number of hydrazine groups is 1. The smallest absolute Gasteiger partial charge is 0.235 e. The number of carbonyl (C=O) groups excluding carboxylic acids is 1. The molecule has 0 spiro atoms. The van der Waals surface area contributed by atoms with Crippen molar-refractivity contribution >= 4 is 54.9 Å². The average Bonchev–Trinajstić information content (AvgIpc) is 3.53. The molecule has 1 saturated heterocycles. The standard InChI is InChI=1S/C22H24N6O2S2/c1-27(32(2,30)20-8-3-4-10-23-20)18-7-5-6-15-12-17(25-21(15)18)22-24-13-16(31-22)14-28-11-9-19(29)26-28/h3-8,10,12,16,25H,2,9,11,13-14H2,1H3,(H,26,29). The third-order valence-corrected chi connectivity index (χ3v) is 8.82. The molecule has 2 aromatic heterocycles. The number of pyridine rings is 1. The van der Waals surface area contributed by atoms with Gasteiger partial charge >= 0.3 is 0 Å². The van der Waals surface area contributed by atoms with Crippen LogP contribution in [0.1, 0.15) is 12.1 Å². The number of benzene rings is 1. The molecule has 2 aliphatic heterocycles. The van der Waals surface area contributed by atoms with Crippen molar-refractivity contribution in [3.05, 3.63) is 54.4 Å². The quantitative estimate of drug-likeness (QED) is 0.542. The van der Waals surface area contributed by atoms with Crippen LogP contribution in [0, 0.1) is 0 Å². The van der Waals surface area contributed by atoms with Crippen LogP contribution in [0.4, 0.5) is 5.69 Å². The summed E-state index contributed by atoms with van der Waals surface area (Å²) in [5.74, 6) is 4.06. The Morgan fingerprint density at radius 2 is 2.19 bits per heavy atom. The molecule has 2 atom stereocenters. The Kier molecular flexibility index (Phi) is 5.44. The molecule has 1 aromatic carbocycles. The number of aliphatic imine (C=N–C) groups is 1. The number of aromatic amines is 1. The van der Waals surface area contributed by atoms with Crippen LogP contribution in [0.25, 0.3) is 10.9 Å². The minimum absolute atomic E-state index is 0.0779. The number of hydrogen-bond acceptors (Lipinski definition) is 6. The summed E-state index contributed by atoms with van der Waals surface area (Å²) in [4.78, 5) is 23.9. The number of rotatable bonds is 6. The molecule has 0 saturated carbocycles. The summed E-state index contributed by atoms with van der Waals surface area (Å²) >= 11 is 1.72. The van der Waals surface area contributed by atoms with E-state index in [0.717, 1.165) is 40.4 Å². The molecule has 0 aliphatic carbocycles. The summed E-state index contributed by atoms with van der Waals surface area (Å²) in [5.41, 5.74) is 5.50. The Morgan fingerprint density at radius 1 is 1.31 bits per heavy atom. The zero-order valence-electron chi connectivity index (χ0n) is 17.7. The van der Waals surface area contributed by atoms with Gasteiger partial charge in [0.25, 0.3) is 0 Å². The number of amides is 1. The number of carbonyl (C=O) groups is 1. The van der Waals surface area contributed by atoms with Gasteiger partial charge in [-0.1, -0.05) is 30.0 Å². The maximum absolute atomic E-state index is 13.5. The van der Waals surface area contributed by atoms with Crippen LogP contribution in [-0.4, -0.2) is 67.9 Å². The highest BCUT2D eigenvalue weighted by molar-refractivity contribution is 8.15. The maximum Gasteiger partial charge on any atom is 0.235 e. The second kappa shape index (κ2) is 8.27. The third kappa shape index (κ3) is 3.89. The van der Waals surface area contributed by atoms with Gasteiger partial charge in [-0.2, -0.15) is 0 Å². The molecule has 3 aromatic rings. The van der Waals surface area contributed by atoms with Gasteiger partial charge in [0.1, 0.15) is 10.1 Å². The summed E-state index contributed by atoms with van der Waals surface area (Å²) in [6.07, 6.45) is 2.18. The lowest BCUT2D eigenvalue weighted by atomic mass is 10.2. The summed E-state index contributed by atoms with van der Waals surface area (Å²) in [6.45, 7) is 2.22. The van der Waals surface area contributed by atoms with Crippen molar-refractivity contribution in [2.24, 2.45) is 4.99 Å². The van der Waals surface area contributed by atoms with E-state index >= 15 is 0 Å². The summed E-state index contributed by atoms with van der Waals surface area (Å²) in [7, 11) is -1.01. The summed E-state index contributed by atoms with van der Waals surface area (Å²) < 4.78 is 15.2. The van der Waals surface area contributed by atoms with Gasteiger partial charge in [-0.3, -0.25) is 19.5 Å². The van der Waals surface area contributed by atoms with Gasteiger partial charge in [0.2, 0.25) is 5.91 Å². The van der Waals surface area contributed by atoms with Crippen LogP contribution in [0.3, 0.4) is 0 Å². The number of para-hydroxylation sites is 1. The Bertz CT molecular complexity index is 1300. The van der Waals surface area contributed by atoms with Crippen molar-refractivity contribution in [2.75, 3.05) is 31.0 Å². The SMILES string of the molecule is C=S(=O)(c1ccccn1)N(C)c1cccc2cc(C3=NCC(CN4CCC(=O)N4)S3)[nH]c12. The Labute approximate surface area is 191 Å². The third-order valence-electron chi connectivity index (χ3n) is 5.64. The monoisotopic (exact) mass is 468 g/mol. The second-order valence-electron chi connectivity index (χ2n) is 7.85. The predicted molar refractivity (Wildman–Crippen MR) is 132 cm³/mol. The van der Waals surface area contributed by atoms with Gasteiger partial charge in [0.05, 0.1) is 33.2 Å². The van der Waals surface area contributed by atoms with E-state index in [1.54, 1.807) is 41.4 Å². The Hall–Kier alpha value is -2.82. The molecule has 2 unspecified atom stereocenters. The van der Waals surface area contributed by atoms with E-state index in [2.05, 4.69) is 27.3 Å². The first-order chi connectivity index (χ1) is 15.4. The van der Waals surface area contributed by atoms with Crippen LogP contribution in [0.2, 0.25) is 0 Å². The zero-order valence-corrected chi connectivity index (χ0v) is 19.3. The number of hydrogen-bond donors (Lipinski definition) is 2. The molecule has 0 bridgehead atoms. The highest BCUT2D eigenvalue weighted by atomic mass is 32.2. The number of nitrogens with one attached hydrogen (secondary N) is 2. The van der Waals surface area contributed by atoms with E-state index in [-0.39, 0.29) is 5.91 Å². The van der Waals surface area contributed by atoms with Crippen molar-refractivity contribution in [2.45, 2.75) is 16.7 Å². The zero-order chi connectivity index (χ0) is 22.3. The van der Waals surface area contributed by atoms with E-state index < -0.39 is 9.71 Å².